The van der Waals surface area contributed by atoms with Gasteiger partial charge in [-0.05, 0) is 67.6 Å². The zero-order valence-electron chi connectivity index (χ0n) is 30.8. The summed E-state index contributed by atoms with van der Waals surface area (Å²) in [5.41, 5.74) is 1.78. The number of amides is 4. The van der Waals surface area contributed by atoms with Gasteiger partial charge >= 0.3 is 6.18 Å². The second kappa shape index (κ2) is 19.2. The lowest BCUT2D eigenvalue weighted by Gasteiger charge is -2.26. The van der Waals surface area contributed by atoms with Crippen LogP contribution >= 0.6 is 15.9 Å². The molecule has 294 valence electrons. The van der Waals surface area contributed by atoms with Crippen molar-refractivity contribution in [3.8, 4) is 0 Å². The highest BCUT2D eigenvalue weighted by atomic mass is 79.9. The van der Waals surface area contributed by atoms with E-state index in [9.17, 15) is 40.8 Å². The van der Waals surface area contributed by atoms with Crippen molar-refractivity contribution in [1.82, 2.24) is 26.6 Å². The van der Waals surface area contributed by atoms with Crippen LogP contribution in [0.4, 0.5) is 18.9 Å². The van der Waals surface area contributed by atoms with Gasteiger partial charge in [-0.25, -0.2) is 8.42 Å². The van der Waals surface area contributed by atoms with Gasteiger partial charge in [0.1, 0.15) is 12.6 Å². The van der Waals surface area contributed by atoms with Gasteiger partial charge < -0.3 is 26.6 Å². The minimum absolute atomic E-state index is 0.00191. The molecule has 4 atom stereocenters. The molecule has 17 heteroatoms. The van der Waals surface area contributed by atoms with Crippen LogP contribution in [-0.4, -0.2) is 82.7 Å². The largest absolute Gasteiger partial charge is 0.405 e. The first kappa shape index (κ1) is 43.9. The highest BCUT2D eigenvalue weighted by Crippen LogP contribution is 2.23. The van der Waals surface area contributed by atoms with Crippen molar-refractivity contribution in [2.45, 2.75) is 64.5 Å². The summed E-state index contributed by atoms with van der Waals surface area (Å²) in [5.74, 6) is -3.32. The zero-order valence-corrected chi connectivity index (χ0v) is 33.2. The molecule has 0 aliphatic heterocycles. The number of rotatable bonds is 17. The van der Waals surface area contributed by atoms with E-state index in [0.717, 1.165) is 26.2 Å². The molecule has 3 rings (SSSR count). The molecule has 0 heterocycles. The number of hydrogen-bond donors (Lipinski definition) is 5. The molecule has 4 amide bonds. The van der Waals surface area contributed by atoms with Crippen LogP contribution in [0.2, 0.25) is 0 Å². The van der Waals surface area contributed by atoms with Crippen LogP contribution in [0.1, 0.15) is 65.6 Å². The average Bonchev–Trinajstić information content (AvgIpc) is 3.10. The molecule has 0 bridgehead atoms. The van der Waals surface area contributed by atoms with E-state index in [0.29, 0.717) is 6.42 Å². The van der Waals surface area contributed by atoms with Gasteiger partial charge in [0.05, 0.1) is 24.0 Å². The van der Waals surface area contributed by atoms with Crippen LogP contribution in [0.3, 0.4) is 0 Å². The molecule has 0 fully saturated rings. The van der Waals surface area contributed by atoms with E-state index in [2.05, 4.69) is 37.2 Å². The van der Waals surface area contributed by atoms with Crippen molar-refractivity contribution in [1.29, 1.82) is 0 Å². The van der Waals surface area contributed by atoms with Crippen molar-refractivity contribution in [3.63, 3.8) is 0 Å². The lowest BCUT2D eigenvalue weighted by molar-refractivity contribution is -0.141. The number of hydrogen-bond acceptors (Lipinski definition) is 7. The standard InChI is InChI=1S/C37H46BrF3N6O6S/c1-22(2)32(36(51)43-21-37(39,40)41)46-33(48)24(4)42-20-30(16-25-10-8-7-9-11-25)45-35(50)28-17-27(18-31(19-28)47(5)54(6,52)53)34(49)44-23(3)26-12-14-29(38)15-13-26/h7-15,17-19,22-24,30,32,42H,16,20-21H2,1-6H3,(H,43,51)(H,44,49)(H,45,50)(H,46,48)/t23-,24+,30+,32+/m1/s1. The SMILES string of the molecule is CC(C)[C@H](NC(=O)[C@H](C)NC[C@H](Cc1ccccc1)NC(=O)c1cc(C(=O)N[C@H](C)c2ccc(Br)cc2)cc(N(C)S(C)(=O)=O)c1)C(=O)NCC(F)(F)F. The molecule has 0 radical (unpaired) electrons. The average molecular weight is 840 g/mol. The molecule has 54 heavy (non-hydrogen) atoms. The Bertz CT molecular complexity index is 1880. The predicted octanol–water partition coefficient (Wildman–Crippen LogP) is 4.47. The minimum Gasteiger partial charge on any atom is -0.348 e. The van der Waals surface area contributed by atoms with Crippen LogP contribution in [0.5, 0.6) is 0 Å². The number of benzene rings is 3. The van der Waals surface area contributed by atoms with E-state index in [1.807, 2.05) is 54.6 Å². The summed E-state index contributed by atoms with van der Waals surface area (Å²) in [6, 6.07) is 17.3. The first-order valence-corrected chi connectivity index (χ1v) is 19.7. The molecule has 3 aromatic rings. The fourth-order valence-electron chi connectivity index (χ4n) is 5.23. The lowest BCUT2D eigenvalue weighted by atomic mass is 10.0. The molecule has 0 saturated carbocycles. The van der Waals surface area contributed by atoms with Gasteiger partial charge in [0.15, 0.2) is 0 Å². The first-order chi connectivity index (χ1) is 25.1. The summed E-state index contributed by atoms with van der Waals surface area (Å²) < 4.78 is 64.9. The molecular formula is C37H46BrF3N6O6S. The molecule has 0 aliphatic rings. The zero-order chi connectivity index (χ0) is 40.4. The van der Waals surface area contributed by atoms with Gasteiger partial charge in [-0.15, -0.1) is 0 Å². The summed E-state index contributed by atoms with van der Waals surface area (Å²) in [6.07, 6.45) is -3.33. The Morgan fingerprint density at radius 3 is 1.93 bits per heavy atom. The van der Waals surface area contributed by atoms with Crippen molar-refractivity contribution < 1.29 is 40.8 Å². The van der Waals surface area contributed by atoms with Crippen LogP contribution < -0.4 is 30.9 Å². The normalized spacial score (nSPS) is 14.0. The lowest BCUT2D eigenvalue weighted by Crippen LogP contribution is -2.56. The van der Waals surface area contributed by atoms with Crippen LogP contribution in [0.15, 0.2) is 77.3 Å². The molecule has 0 saturated heterocycles. The molecule has 0 spiro atoms. The van der Waals surface area contributed by atoms with Crippen LogP contribution in [-0.2, 0) is 26.0 Å². The number of anilines is 1. The summed E-state index contributed by atoms with van der Waals surface area (Å²) in [6.45, 7) is 4.96. The van der Waals surface area contributed by atoms with Gasteiger partial charge in [-0.1, -0.05) is 72.2 Å². The van der Waals surface area contributed by atoms with E-state index in [4.69, 9.17) is 0 Å². The third kappa shape index (κ3) is 13.7. The second-order valence-electron chi connectivity index (χ2n) is 13.3. The summed E-state index contributed by atoms with van der Waals surface area (Å²) >= 11 is 3.38. The quantitative estimate of drug-likeness (QED) is 0.134. The highest BCUT2D eigenvalue weighted by Gasteiger charge is 2.32. The van der Waals surface area contributed by atoms with Crippen molar-refractivity contribution in [2.75, 3.05) is 30.7 Å². The molecule has 3 aromatic carbocycles. The first-order valence-electron chi connectivity index (χ1n) is 17.0. The van der Waals surface area contributed by atoms with Gasteiger partial charge in [-0.2, -0.15) is 13.2 Å². The van der Waals surface area contributed by atoms with Crippen molar-refractivity contribution >= 4 is 55.3 Å². The number of carbonyl (C=O) groups excluding carboxylic acids is 4. The number of nitrogens with zero attached hydrogens (tertiary/aromatic N) is 1. The Kier molecular flexibility index (Phi) is 15.6. The Morgan fingerprint density at radius 2 is 1.39 bits per heavy atom. The predicted molar refractivity (Wildman–Crippen MR) is 204 cm³/mol. The van der Waals surface area contributed by atoms with Crippen molar-refractivity contribution in [2.24, 2.45) is 5.92 Å². The maximum atomic E-state index is 13.9. The summed E-state index contributed by atoms with van der Waals surface area (Å²) in [4.78, 5) is 52.9. The van der Waals surface area contributed by atoms with Crippen molar-refractivity contribution in [3.05, 3.63) is 99.5 Å². The summed E-state index contributed by atoms with van der Waals surface area (Å²) in [7, 11) is -2.49. The molecule has 0 unspecified atom stereocenters. The fraction of sp³-hybridized carbons (Fsp3) is 0.405. The van der Waals surface area contributed by atoms with Gasteiger partial charge in [0.2, 0.25) is 21.8 Å². The number of sulfonamides is 1. The topological polar surface area (TPSA) is 166 Å². The van der Waals surface area contributed by atoms with E-state index >= 15 is 0 Å². The van der Waals surface area contributed by atoms with Gasteiger partial charge in [-0.3, -0.25) is 23.5 Å². The molecule has 12 nitrogen and oxygen atoms in total. The number of alkyl halides is 3. The Balaban J connectivity index is 1.84. The third-order valence-corrected chi connectivity index (χ3v) is 10.2. The van der Waals surface area contributed by atoms with E-state index in [-0.39, 0.29) is 23.4 Å². The molecule has 5 N–H and O–H groups in total. The highest BCUT2D eigenvalue weighted by molar-refractivity contribution is 9.10. The van der Waals surface area contributed by atoms with Crippen LogP contribution in [0, 0.1) is 5.92 Å². The number of carbonyl (C=O) groups is 4. The fourth-order valence-corrected chi connectivity index (χ4v) is 5.98. The third-order valence-electron chi connectivity index (χ3n) is 8.45. The maximum Gasteiger partial charge on any atom is 0.405 e. The molecule has 0 aliphatic carbocycles. The minimum atomic E-state index is -4.62. The van der Waals surface area contributed by atoms with Gasteiger partial charge in [0, 0.05) is 35.2 Å². The van der Waals surface area contributed by atoms with E-state index < -0.39 is 76.5 Å². The van der Waals surface area contributed by atoms with Crippen LogP contribution in [0.25, 0.3) is 0 Å². The Hall–Kier alpha value is -4.48. The molecular weight excluding hydrogens is 793 g/mol. The summed E-state index contributed by atoms with van der Waals surface area (Å²) in [5, 5.41) is 13.1. The maximum absolute atomic E-state index is 13.9. The number of nitrogens with one attached hydrogen (secondary N) is 5. The number of halogens is 4. The Labute approximate surface area is 322 Å². The van der Waals surface area contributed by atoms with Gasteiger partial charge in [0.25, 0.3) is 11.8 Å². The smallest absolute Gasteiger partial charge is 0.348 e. The molecule has 0 aromatic heterocycles. The Morgan fingerprint density at radius 1 is 0.815 bits per heavy atom. The van der Waals surface area contributed by atoms with E-state index in [1.165, 1.54) is 32.2 Å². The van der Waals surface area contributed by atoms with E-state index in [1.54, 1.807) is 26.1 Å². The second-order valence-corrected chi connectivity index (χ2v) is 16.2. The monoisotopic (exact) mass is 838 g/mol.